The Morgan fingerprint density at radius 3 is 2.59 bits per heavy atom. The fourth-order valence-electron chi connectivity index (χ4n) is 2.52. The van der Waals surface area contributed by atoms with Crippen molar-refractivity contribution in [3.05, 3.63) is 70.4 Å². The maximum absolute atomic E-state index is 10.7. The molecule has 1 aromatic heterocycles. The molecule has 0 aliphatic carbocycles. The van der Waals surface area contributed by atoms with Gasteiger partial charge in [0, 0.05) is 17.0 Å². The van der Waals surface area contributed by atoms with Crippen LogP contribution < -0.4 is 4.74 Å². The summed E-state index contributed by atoms with van der Waals surface area (Å²) in [6.07, 6.45) is 2.47. The minimum Gasteiger partial charge on any atom is -0.495 e. The molecule has 5 heteroatoms. The van der Waals surface area contributed by atoms with Gasteiger partial charge in [-0.05, 0) is 11.6 Å². The summed E-state index contributed by atoms with van der Waals surface area (Å²) in [4.78, 5) is 13.5. The van der Waals surface area contributed by atoms with Crippen molar-refractivity contribution in [2.45, 2.75) is 0 Å². The van der Waals surface area contributed by atoms with Crippen molar-refractivity contribution >= 4 is 17.0 Å². The van der Waals surface area contributed by atoms with Gasteiger partial charge in [0.1, 0.15) is 5.75 Å². The van der Waals surface area contributed by atoms with Crippen LogP contribution in [0, 0.1) is 10.1 Å². The number of nitro groups is 1. The zero-order valence-electron chi connectivity index (χ0n) is 11.9. The highest BCUT2D eigenvalue weighted by Crippen LogP contribution is 2.35. The third-order valence-electron chi connectivity index (χ3n) is 3.48. The van der Waals surface area contributed by atoms with Crippen molar-refractivity contribution in [2.24, 2.45) is 0 Å². The van der Waals surface area contributed by atoms with Gasteiger partial charge in [-0.25, -0.2) is 0 Å². The summed E-state index contributed by atoms with van der Waals surface area (Å²) >= 11 is 0. The quantitative estimate of drug-likeness (QED) is 0.582. The lowest BCUT2D eigenvalue weighted by Crippen LogP contribution is -1.84. The SMILES string of the molecule is COc1cccc2c(/C=C\[N+](=O)[O-])c(-c3ccccc3)[nH]c12. The van der Waals surface area contributed by atoms with E-state index in [4.69, 9.17) is 4.74 Å². The summed E-state index contributed by atoms with van der Waals surface area (Å²) < 4.78 is 5.37. The number of fused-ring (bicyclic) bond motifs is 1. The van der Waals surface area contributed by atoms with E-state index < -0.39 is 4.92 Å². The molecule has 1 heterocycles. The number of hydrogen-bond donors (Lipinski definition) is 1. The lowest BCUT2D eigenvalue weighted by atomic mass is 10.1. The van der Waals surface area contributed by atoms with Gasteiger partial charge in [-0.3, -0.25) is 10.1 Å². The van der Waals surface area contributed by atoms with Crippen LogP contribution in [-0.4, -0.2) is 17.0 Å². The third-order valence-corrected chi connectivity index (χ3v) is 3.48. The van der Waals surface area contributed by atoms with Crippen LogP contribution >= 0.6 is 0 Å². The lowest BCUT2D eigenvalue weighted by molar-refractivity contribution is -0.400. The minimum absolute atomic E-state index is 0.465. The number of rotatable bonds is 4. The standard InChI is InChI=1S/C17H14N2O3/c1-22-15-9-5-8-13-14(10-11-19(20)21)16(18-17(13)15)12-6-3-2-4-7-12/h2-11,18H,1H3/b11-10-. The molecule has 3 rings (SSSR count). The second-order valence-corrected chi connectivity index (χ2v) is 4.76. The molecule has 0 unspecified atom stereocenters. The minimum atomic E-state index is -0.465. The van der Waals surface area contributed by atoms with Crippen LogP contribution in [-0.2, 0) is 0 Å². The number of benzene rings is 2. The molecule has 0 aliphatic heterocycles. The van der Waals surface area contributed by atoms with Crippen LogP contribution in [0.1, 0.15) is 5.56 Å². The summed E-state index contributed by atoms with van der Waals surface area (Å²) in [6, 6.07) is 15.3. The molecule has 1 N–H and O–H groups in total. The molecule has 3 aromatic rings. The molecule has 0 amide bonds. The lowest BCUT2D eigenvalue weighted by Gasteiger charge is -2.00. The molecule has 0 aliphatic rings. The van der Waals surface area contributed by atoms with Gasteiger partial charge in [-0.1, -0.05) is 42.5 Å². The number of nitrogens with zero attached hydrogens (tertiary/aromatic N) is 1. The van der Waals surface area contributed by atoms with E-state index in [0.29, 0.717) is 5.75 Å². The fraction of sp³-hybridized carbons (Fsp3) is 0.0588. The maximum Gasteiger partial charge on any atom is 0.235 e. The second-order valence-electron chi connectivity index (χ2n) is 4.76. The van der Waals surface area contributed by atoms with Crippen LogP contribution in [0.5, 0.6) is 5.75 Å². The van der Waals surface area contributed by atoms with Crippen molar-refractivity contribution in [2.75, 3.05) is 7.11 Å². The Morgan fingerprint density at radius 2 is 1.91 bits per heavy atom. The molecule has 0 radical (unpaired) electrons. The number of H-pyrrole nitrogens is 1. The Morgan fingerprint density at radius 1 is 1.14 bits per heavy atom. The number of ether oxygens (including phenoxy) is 1. The smallest absolute Gasteiger partial charge is 0.235 e. The van der Waals surface area contributed by atoms with Crippen LogP contribution in [0.2, 0.25) is 0 Å². The number of nitrogens with one attached hydrogen (secondary N) is 1. The summed E-state index contributed by atoms with van der Waals surface area (Å²) in [5, 5.41) is 11.6. The monoisotopic (exact) mass is 294 g/mol. The number of methoxy groups -OCH3 is 1. The fourth-order valence-corrected chi connectivity index (χ4v) is 2.52. The van der Waals surface area contributed by atoms with Crippen molar-refractivity contribution in [3.8, 4) is 17.0 Å². The van der Waals surface area contributed by atoms with Crippen LogP contribution in [0.25, 0.3) is 28.2 Å². The molecular weight excluding hydrogens is 280 g/mol. The third kappa shape index (κ3) is 2.44. The Bertz CT molecular complexity index is 851. The van der Waals surface area contributed by atoms with Crippen molar-refractivity contribution in [1.29, 1.82) is 0 Å². The molecule has 0 saturated carbocycles. The van der Waals surface area contributed by atoms with E-state index in [1.165, 1.54) is 6.08 Å². The first-order valence-corrected chi connectivity index (χ1v) is 6.76. The van der Waals surface area contributed by atoms with E-state index in [1.54, 1.807) is 7.11 Å². The van der Waals surface area contributed by atoms with E-state index in [9.17, 15) is 10.1 Å². The molecule has 0 bridgehead atoms. The van der Waals surface area contributed by atoms with E-state index in [1.807, 2.05) is 48.5 Å². The van der Waals surface area contributed by atoms with Crippen molar-refractivity contribution < 1.29 is 9.66 Å². The maximum atomic E-state index is 10.7. The molecule has 0 spiro atoms. The van der Waals surface area contributed by atoms with Crippen LogP contribution in [0.3, 0.4) is 0 Å². The van der Waals surface area contributed by atoms with Crippen LogP contribution in [0.15, 0.2) is 54.7 Å². The molecule has 22 heavy (non-hydrogen) atoms. The first-order valence-electron chi connectivity index (χ1n) is 6.76. The van der Waals surface area contributed by atoms with Gasteiger partial charge in [0.15, 0.2) is 0 Å². The molecule has 0 saturated heterocycles. The van der Waals surface area contributed by atoms with E-state index in [2.05, 4.69) is 4.98 Å². The molecule has 0 fully saturated rings. The Balaban J connectivity index is 2.30. The molecule has 110 valence electrons. The summed E-state index contributed by atoms with van der Waals surface area (Å²) in [6.45, 7) is 0. The topological polar surface area (TPSA) is 68.2 Å². The number of aromatic amines is 1. The highest BCUT2D eigenvalue weighted by atomic mass is 16.6. The molecule has 2 aromatic carbocycles. The first-order chi connectivity index (χ1) is 10.7. The van der Waals surface area contributed by atoms with Gasteiger partial charge < -0.3 is 9.72 Å². The number of hydrogen-bond acceptors (Lipinski definition) is 3. The summed E-state index contributed by atoms with van der Waals surface area (Å²) in [5.41, 5.74) is 3.39. The number of para-hydroxylation sites is 1. The second kappa shape index (κ2) is 5.73. The molecule has 0 atom stereocenters. The van der Waals surface area contributed by atoms with Gasteiger partial charge in [0.05, 0.1) is 23.2 Å². The van der Waals surface area contributed by atoms with Crippen molar-refractivity contribution in [3.63, 3.8) is 0 Å². The molecule has 5 nitrogen and oxygen atoms in total. The Hall–Kier alpha value is -3.08. The van der Waals surface area contributed by atoms with E-state index >= 15 is 0 Å². The summed E-state index contributed by atoms with van der Waals surface area (Å²) in [7, 11) is 1.60. The van der Waals surface area contributed by atoms with Gasteiger partial charge >= 0.3 is 0 Å². The first kappa shape index (κ1) is 13.9. The van der Waals surface area contributed by atoms with Gasteiger partial charge in [-0.15, -0.1) is 0 Å². The highest BCUT2D eigenvalue weighted by Gasteiger charge is 2.14. The van der Waals surface area contributed by atoms with Gasteiger partial charge in [-0.2, -0.15) is 0 Å². The largest absolute Gasteiger partial charge is 0.495 e. The van der Waals surface area contributed by atoms with Gasteiger partial charge in [0.25, 0.3) is 0 Å². The Kier molecular flexibility index (Phi) is 3.62. The average Bonchev–Trinajstić information content (AvgIpc) is 2.92. The normalized spacial score (nSPS) is 11.1. The highest BCUT2D eigenvalue weighted by molar-refractivity contribution is 5.99. The Labute approximate surface area is 127 Å². The predicted molar refractivity (Wildman–Crippen MR) is 86.3 cm³/mol. The molecular formula is C17H14N2O3. The summed E-state index contributed by atoms with van der Waals surface area (Å²) in [5.74, 6) is 0.704. The number of aromatic nitrogens is 1. The zero-order valence-corrected chi connectivity index (χ0v) is 11.9. The van der Waals surface area contributed by atoms with Crippen LogP contribution in [0.4, 0.5) is 0 Å². The van der Waals surface area contributed by atoms with E-state index in [0.717, 1.165) is 33.9 Å². The van der Waals surface area contributed by atoms with Crippen molar-refractivity contribution in [1.82, 2.24) is 4.98 Å². The van der Waals surface area contributed by atoms with E-state index in [-0.39, 0.29) is 0 Å². The van der Waals surface area contributed by atoms with Gasteiger partial charge in [0.2, 0.25) is 6.20 Å². The average molecular weight is 294 g/mol. The zero-order chi connectivity index (χ0) is 15.5. The predicted octanol–water partition coefficient (Wildman–Crippen LogP) is 4.09.